The Kier molecular flexibility index (Phi) is 4.87. The lowest BCUT2D eigenvalue weighted by Gasteiger charge is -2.40. The Morgan fingerprint density at radius 2 is 1.93 bits per heavy atom. The Labute approximate surface area is 162 Å². The van der Waals surface area contributed by atoms with E-state index >= 15 is 0 Å². The van der Waals surface area contributed by atoms with Crippen LogP contribution in [0.5, 0.6) is 0 Å². The molecular weight excluding hydrogens is 427 g/mol. The second-order valence-electron chi connectivity index (χ2n) is 7.07. The first kappa shape index (κ1) is 18.7. The van der Waals surface area contributed by atoms with Crippen LogP contribution in [0.1, 0.15) is 43.0 Å². The summed E-state index contributed by atoms with van der Waals surface area (Å²) in [5, 5.41) is 8.35. The van der Waals surface area contributed by atoms with E-state index in [2.05, 4.69) is 36.1 Å². The summed E-state index contributed by atoms with van der Waals surface area (Å²) in [4.78, 5) is 6.32. The van der Waals surface area contributed by atoms with Crippen molar-refractivity contribution in [1.82, 2.24) is 20.0 Å². The van der Waals surface area contributed by atoms with E-state index in [1.54, 1.807) is 7.11 Å². The molecule has 0 saturated carbocycles. The Morgan fingerprint density at radius 1 is 1.22 bits per heavy atom. The quantitative estimate of drug-likeness (QED) is 0.712. The van der Waals surface area contributed by atoms with Gasteiger partial charge in [-0.2, -0.15) is 13.2 Å². The van der Waals surface area contributed by atoms with Crippen LogP contribution >= 0.6 is 15.9 Å². The van der Waals surface area contributed by atoms with Crippen LogP contribution in [0.4, 0.5) is 19.0 Å². The van der Waals surface area contributed by atoms with Crippen LogP contribution < -0.4 is 4.90 Å². The number of methoxy groups -OCH3 is 1. The van der Waals surface area contributed by atoms with Gasteiger partial charge in [0.25, 0.3) is 0 Å². The Balaban J connectivity index is 1.54. The van der Waals surface area contributed by atoms with Gasteiger partial charge in [-0.1, -0.05) is 5.21 Å². The van der Waals surface area contributed by atoms with Crippen molar-refractivity contribution in [2.75, 3.05) is 12.0 Å². The number of hydrogen-bond donors (Lipinski definition) is 0. The van der Waals surface area contributed by atoms with Gasteiger partial charge in [-0.25, -0.2) is 9.67 Å². The third-order valence-electron chi connectivity index (χ3n) is 5.33. The maximum Gasteiger partial charge on any atom is 0.417 e. The summed E-state index contributed by atoms with van der Waals surface area (Å²) < 4.78 is 46.1. The van der Waals surface area contributed by atoms with Gasteiger partial charge in [0, 0.05) is 25.4 Å². The number of alkyl halides is 3. The highest BCUT2D eigenvalue weighted by Gasteiger charge is 2.43. The molecule has 4 heterocycles. The molecule has 0 aliphatic carbocycles. The number of halogens is 4. The van der Waals surface area contributed by atoms with Crippen LogP contribution in [0.25, 0.3) is 0 Å². The molecule has 2 atom stereocenters. The minimum absolute atomic E-state index is 0.226. The molecule has 146 valence electrons. The van der Waals surface area contributed by atoms with Crippen molar-refractivity contribution < 1.29 is 17.9 Å². The van der Waals surface area contributed by atoms with Gasteiger partial charge in [-0.3, -0.25) is 0 Å². The van der Waals surface area contributed by atoms with Crippen molar-refractivity contribution in [3.05, 3.63) is 34.2 Å². The molecule has 0 spiro atoms. The molecule has 0 amide bonds. The first-order chi connectivity index (χ1) is 12.9. The molecule has 2 saturated heterocycles. The summed E-state index contributed by atoms with van der Waals surface area (Å²) in [7, 11) is 1.62. The molecule has 2 aromatic rings. The highest BCUT2D eigenvalue weighted by Crippen LogP contribution is 2.45. The molecule has 2 unspecified atom stereocenters. The number of aromatic nitrogens is 4. The van der Waals surface area contributed by atoms with Crippen molar-refractivity contribution in [3.63, 3.8) is 0 Å². The average molecular weight is 446 g/mol. The third-order valence-corrected chi connectivity index (χ3v) is 5.91. The maximum atomic E-state index is 12.9. The van der Waals surface area contributed by atoms with Crippen molar-refractivity contribution in [2.45, 2.75) is 56.6 Å². The van der Waals surface area contributed by atoms with E-state index in [0.717, 1.165) is 43.6 Å². The van der Waals surface area contributed by atoms with E-state index in [9.17, 15) is 13.2 Å². The van der Waals surface area contributed by atoms with E-state index in [0.29, 0.717) is 16.9 Å². The number of piperidine rings is 1. The van der Waals surface area contributed by atoms with E-state index in [1.807, 2.05) is 10.9 Å². The average Bonchev–Trinajstić information content (AvgIpc) is 3.17. The molecule has 27 heavy (non-hydrogen) atoms. The first-order valence-corrected chi connectivity index (χ1v) is 9.57. The smallest absolute Gasteiger partial charge is 0.378 e. The summed E-state index contributed by atoms with van der Waals surface area (Å²) in [5.74, 6) is 0.590. The molecule has 10 heteroatoms. The number of anilines is 1. The molecule has 2 aliphatic heterocycles. The standard InChI is InChI=1S/C17H19BrF3N5O/c1-27-9-11-8-25(24-23-11)14-5-12-2-3-13(6-14)26(12)16-15(18)4-10(7-22-16)17(19,20)21/h4,7-8,12-14H,2-3,5-6,9H2,1H3. The van der Waals surface area contributed by atoms with Crippen LogP contribution in [0, 0.1) is 0 Å². The molecule has 2 aliphatic rings. The Bertz CT molecular complexity index is 813. The number of rotatable bonds is 4. The van der Waals surface area contributed by atoms with E-state index in [4.69, 9.17) is 4.74 Å². The third kappa shape index (κ3) is 3.56. The van der Waals surface area contributed by atoms with E-state index in [1.165, 1.54) is 0 Å². The highest BCUT2D eigenvalue weighted by atomic mass is 79.9. The molecule has 6 nitrogen and oxygen atoms in total. The summed E-state index contributed by atoms with van der Waals surface area (Å²) in [6, 6.07) is 1.79. The minimum atomic E-state index is -4.40. The van der Waals surface area contributed by atoms with Gasteiger partial charge >= 0.3 is 6.18 Å². The topological polar surface area (TPSA) is 56.1 Å². The first-order valence-electron chi connectivity index (χ1n) is 8.77. The monoisotopic (exact) mass is 445 g/mol. The number of fused-ring (bicyclic) bond motifs is 2. The van der Waals surface area contributed by atoms with Crippen LogP contribution in [0.15, 0.2) is 22.9 Å². The number of pyridine rings is 1. The molecule has 0 radical (unpaired) electrons. The molecule has 0 aromatic carbocycles. The summed E-state index contributed by atoms with van der Waals surface area (Å²) in [6.45, 7) is 0.425. The zero-order chi connectivity index (χ0) is 19.2. The molecule has 4 rings (SSSR count). The lowest BCUT2D eigenvalue weighted by atomic mass is 9.97. The molecular formula is C17H19BrF3N5O. The molecule has 2 aromatic heterocycles. The minimum Gasteiger partial charge on any atom is -0.378 e. The molecule has 0 N–H and O–H groups in total. The number of nitrogens with zero attached hydrogens (tertiary/aromatic N) is 5. The fraction of sp³-hybridized carbons (Fsp3) is 0.588. The van der Waals surface area contributed by atoms with E-state index in [-0.39, 0.29) is 18.1 Å². The zero-order valence-corrected chi connectivity index (χ0v) is 16.2. The van der Waals surface area contributed by atoms with Crippen molar-refractivity contribution in [3.8, 4) is 0 Å². The van der Waals surface area contributed by atoms with Crippen molar-refractivity contribution >= 4 is 21.7 Å². The second kappa shape index (κ2) is 7.05. The lowest BCUT2D eigenvalue weighted by molar-refractivity contribution is -0.137. The zero-order valence-electron chi connectivity index (χ0n) is 14.7. The second-order valence-corrected chi connectivity index (χ2v) is 7.92. The number of ether oxygens (including phenoxy) is 1. The van der Waals surface area contributed by atoms with E-state index < -0.39 is 11.7 Å². The van der Waals surface area contributed by atoms with Crippen molar-refractivity contribution in [1.29, 1.82) is 0 Å². The Morgan fingerprint density at radius 3 is 2.52 bits per heavy atom. The lowest BCUT2D eigenvalue weighted by Crippen LogP contribution is -2.44. The van der Waals surface area contributed by atoms with Gasteiger partial charge in [-0.05, 0) is 47.7 Å². The maximum absolute atomic E-state index is 12.9. The predicted molar refractivity (Wildman–Crippen MR) is 95.2 cm³/mol. The Hall–Kier alpha value is -1.68. The van der Waals surface area contributed by atoms with Crippen LogP contribution in [-0.4, -0.2) is 39.2 Å². The van der Waals surface area contributed by atoms with Gasteiger partial charge in [0.15, 0.2) is 0 Å². The van der Waals surface area contributed by atoms with Gasteiger partial charge in [-0.15, -0.1) is 5.10 Å². The van der Waals surface area contributed by atoms with Gasteiger partial charge in [0.1, 0.15) is 11.5 Å². The van der Waals surface area contributed by atoms with Crippen LogP contribution in [0.3, 0.4) is 0 Å². The SMILES string of the molecule is COCc1cn(C2CC3CCC(C2)N3c2ncc(C(F)(F)F)cc2Br)nn1. The van der Waals surface area contributed by atoms with Gasteiger partial charge < -0.3 is 9.64 Å². The fourth-order valence-electron chi connectivity index (χ4n) is 4.19. The summed E-state index contributed by atoms with van der Waals surface area (Å²) >= 11 is 3.29. The number of hydrogen-bond acceptors (Lipinski definition) is 5. The van der Waals surface area contributed by atoms with Crippen LogP contribution in [-0.2, 0) is 17.5 Å². The normalized spacial score (nSPS) is 25.2. The highest BCUT2D eigenvalue weighted by molar-refractivity contribution is 9.10. The van der Waals surface area contributed by atoms with Crippen molar-refractivity contribution in [2.24, 2.45) is 0 Å². The summed E-state index contributed by atoms with van der Waals surface area (Å²) in [6.07, 6.45) is 2.15. The summed E-state index contributed by atoms with van der Waals surface area (Å²) in [5.41, 5.74) is 0.0491. The largest absolute Gasteiger partial charge is 0.417 e. The van der Waals surface area contributed by atoms with Crippen LogP contribution in [0.2, 0.25) is 0 Å². The predicted octanol–water partition coefficient (Wildman–Crippen LogP) is 3.97. The fourth-order valence-corrected chi connectivity index (χ4v) is 4.75. The molecule has 2 bridgehead atoms. The van der Waals surface area contributed by atoms with Gasteiger partial charge in [0.2, 0.25) is 0 Å². The van der Waals surface area contributed by atoms with Gasteiger partial charge in [0.05, 0.1) is 28.9 Å². The molecule has 2 fully saturated rings.